The Kier molecular flexibility index (Phi) is 4.95. The lowest BCUT2D eigenvalue weighted by molar-refractivity contribution is 0.0758. The van der Waals surface area contributed by atoms with E-state index in [1.165, 1.54) is 6.42 Å². The average Bonchev–Trinajstić information content (AvgIpc) is 2.72. The van der Waals surface area contributed by atoms with Crippen LogP contribution in [0.5, 0.6) is 0 Å². The summed E-state index contributed by atoms with van der Waals surface area (Å²) < 4.78 is 0. The van der Waals surface area contributed by atoms with E-state index in [1.54, 1.807) is 18.3 Å². The van der Waals surface area contributed by atoms with Gasteiger partial charge in [0, 0.05) is 19.3 Å². The first kappa shape index (κ1) is 14.8. The van der Waals surface area contributed by atoms with Gasteiger partial charge < -0.3 is 10.3 Å². The lowest BCUT2D eigenvalue weighted by atomic mass is 9.89. The minimum Gasteiger partial charge on any atom is -0.339 e. The number of carbonyl (C=O) groups is 1. The molecule has 0 saturated carbocycles. The number of rotatable bonds is 3. The van der Waals surface area contributed by atoms with Gasteiger partial charge in [-0.05, 0) is 43.2 Å². The number of anilines is 1. The quantitative estimate of drug-likeness (QED) is 0.656. The number of likely N-dealkylation sites (tertiary alicyclic amines) is 1. The molecule has 5 nitrogen and oxygen atoms in total. The van der Waals surface area contributed by atoms with Crippen LogP contribution < -0.4 is 11.3 Å². The molecule has 1 aliphatic heterocycles. The molecule has 2 rings (SSSR count). The summed E-state index contributed by atoms with van der Waals surface area (Å²) in [6, 6.07) is 3.50. The molecule has 1 aromatic heterocycles. The second kappa shape index (κ2) is 6.70. The van der Waals surface area contributed by atoms with Crippen LogP contribution in [0.4, 0.5) is 5.82 Å². The minimum atomic E-state index is 0.0745. The van der Waals surface area contributed by atoms with Crippen LogP contribution >= 0.6 is 0 Å². The molecule has 0 aromatic carbocycles. The van der Waals surface area contributed by atoms with Crippen molar-refractivity contribution in [2.45, 2.75) is 33.1 Å². The molecular weight excluding hydrogens is 252 g/mol. The van der Waals surface area contributed by atoms with Gasteiger partial charge in [-0.15, -0.1) is 0 Å². The van der Waals surface area contributed by atoms with Gasteiger partial charge in [-0.25, -0.2) is 10.8 Å². The number of hydrogen-bond acceptors (Lipinski definition) is 4. The van der Waals surface area contributed by atoms with E-state index in [0.29, 0.717) is 17.3 Å². The topological polar surface area (TPSA) is 71.2 Å². The maximum Gasteiger partial charge on any atom is 0.255 e. The van der Waals surface area contributed by atoms with Gasteiger partial charge in [-0.3, -0.25) is 4.79 Å². The van der Waals surface area contributed by atoms with E-state index in [-0.39, 0.29) is 5.91 Å². The summed E-state index contributed by atoms with van der Waals surface area (Å²) in [7, 11) is 0. The van der Waals surface area contributed by atoms with Crippen LogP contribution in [0.1, 0.15) is 43.5 Å². The molecule has 0 spiro atoms. The van der Waals surface area contributed by atoms with E-state index in [1.807, 2.05) is 4.90 Å². The van der Waals surface area contributed by atoms with Crippen LogP contribution in [0, 0.1) is 11.8 Å². The molecule has 0 aliphatic carbocycles. The van der Waals surface area contributed by atoms with E-state index in [9.17, 15) is 4.79 Å². The molecule has 1 saturated heterocycles. The predicted octanol–water partition coefficient (Wildman–Crippen LogP) is 2.27. The van der Waals surface area contributed by atoms with Gasteiger partial charge in [0.2, 0.25) is 0 Å². The molecule has 1 fully saturated rings. The number of hydrogen-bond donors (Lipinski definition) is 2. The molecule has 3 N–H and O–H groups in total. The van der Waals surface area contributed by atoms with Crippen molar-refractivity contribution in [3.63, 3.8) is 0 Å². The third kappa shape index (κ3) is 3.48. The Balaban J connectivity index is 2.01. The van der Waals surface area contributed by atoms with Gasteiger partial charge in [0.1, 0.15) is 5.82 Å². The molecular formula is C15H24N4O. The smallest absolute Gasteiger partial charge is 0.255 e. The Morgan fingerprint density at radius 2 is 2.20 bits per heavy atom. The molecule has 0 bridgehead atoms. The van der Waals surface area contributed by atoms with Gasteiger partial charge in [0.05, 0.1) is 5.56 Å². The summed E-state index contributed by atoms with van der Waals surface area (Å²) in [5.41, 5.74) is 3.10. The second-order valence-corrected chi connectivity index (χ2v) is 5.80. The number of nitrogens with one attached hydrogen (secondary N) is 1. The first-order valence-electron chi connectivity index (χ1n) is 7.33. The molecule has 1 atom stereocenters. The van der Waals surface area contributed by atoms with Crippen molar-refractivity contribution >= 4 is 11.7 Å². The number of hydrazine groups is 1. The van der Waals surface area contributed by atoms with E-state index < -0.39 is 0 Å². The zero-order valence-electron chi connectivity index (χ0n) is 12.3. The summed E-state index contributed by atoms with van der Waals surface area (Å²) in [5.74, 6) is 7.34. The van der Waals surface area contributed by atoms with E-state index in [0.717, 1.165) is 31.8 Å². The number of nitrogens with zero attached hydrogens (tertiary/aromatic N) is 2. The molecule has 1 amide bonds. The van der Waals surface area contributed by atoms with Crippen LogP contribution in [0.2, 0.25) is 0 Å². The first-order valence-corrected chi connectivity index (χ1v) is 7.33. The van der Waals surface area contributed by atoms with Crippen molar-refractivity contribution in [3.8, 4) is 0 Å². The Morgan fingerprint density at radius 1 is 1.40 bits per heavy atom. The zero-order valence-corrected chi connectivity index (χ0v) is 12.3. The van der Waals surface area contributed by atoms with Crippen molar-refractivity contribution in [1.82, 2.24) is 9.88 Å². The first-order chi connectivity index (χ1) is 9.61. The van der Waals surface area contributed by atoms with Gasteiger partial charge in [-0.2, -0.15) is 0 Å². The second-order valence-electron chi connectivity index (χ2n) is 5.80. The number of carbonyl (C=O) groups excluding carboxylic acids is 1. The van der Waals surface area contributed by atoms with Gasteiger partial charge in [-0.1, -0.05) is 13.8 Å². The third-order valence-electron chi connectivity index (χ3n) is 4.16. The highest BCUT2D eigenvalue weighted by molar-refractivity contribution is 5.94. The molecule has 20 heavy (non-hydrogen) atoms. The highest BCUT2D eigenvalue weighted by atomic mass is 16.2. The number of nitrogen functional groups attached to an aromatic ring is 1. The molecule has 0 radical (unpaired) electrons. The summed E-state index contributed by atoms with van der Waals surface area (Å²) in [6.45, 7) is 6.23. The fourth-order valence-corrected chi connectivity index (χ4v) is 2.78. The normalized spacial score (nSPS) is 19.8. The molecule has 5 heteroatoms. The van der Waals surface area contributed by atoms with Crippen LogP contribution in [-0.4, -0.2) is 28.9 Å². The predicted molar refractivity (Wildman–Crippen MR) is 80.1 cm³/mol. The standard InChI is InChI=1S/C15H24N4O/c1-11(2)12-4-3-8-19(9-7-12)15(20)13-5-6-14(18-16)17-10-13/h5-6,10-12H,3-4,7-9,16H2,1-2H3,(H,17,18). The third-order valence-corrected chi connectivity index (χ3v) is 4.16. The monoisotopic (exact) mass is 276 g/mol. The number of aromatic nitrogens is 1. The van der Waals surface area contributed by atoms with Crippen molar-refractivity contribution in [2.24, 2.45) is 17.7 Å². The number of pyridine rings is 1. The molecule has 1 aromatic rings. The Hall–Kier alpha value is -1.62. The summed E-state index contributed by atoms with van der Waals surface area (Å²) >= 11 is 0. The largest absolute Gasteiger partial charge is 0.339 e. The van der Waals surface area contributed by atoms with Crippen LogP contribution in [-0.2, 0) is 0 Å². The molecule has 110 valence electrons. The minimum absolute atomic E-state index is 0.0745. The van der Waals surface area contributed by atoms with Crippen molar-refractivity contribution in [1.29, 1.82) is 0 Å². The van der Waals surface area contributed by atoms with E-state index in [2.05, 4.69) is 24.3 Å². The molecule has 1 unspecified atom stereocenters. The Labute approximate surface area is 120 Å². The fraction of sp³-hybridized carbons (Fsp3) is 0.600. The highest BCUT2D eigenvalue weighted by Crippen LogP contribution is 2.25. The van der Waals surface area contributed by atoms with Crippen LogP contribution in [0.15, 0.2) is 18.3 Å². The van der Waals surface area contributed by atoms with Crippen LogP contribution in [0.3, 0.4) is 0 Å². The maximum absolute atomic E-state index is 12.5. The van der Waals surface area contributed by atoms with E-state index in [4.69, 9.17) is 5.84 Å². The SMILES string of the molecule is CC(C)C1CCCN(C(=O)c2ccc(NN)nc2)CC1. The number of nitrogens with two attached hydrogens (primary N) is 1. The average molecular weight is 276 g/mol. The zero-order chi connectivity index (χ0) is 14.5. The summed E-state index contributed by atoms with van der Waals surface area (Å²) in [4.78, 5) is 18.5. The van der Waals surface area contributed by atoms with Gasteiger partial charge >= 0.3 is 0 Å². The maximum atomic E-state index is 12.5. The lowest BCUT2D eigenvalue weighted by Crippen LogP contribution is -2.32. The van der Waals surface area contributed by atoms with Crippen LogP contribution in [0.25, 0.3) is 0 Å². The van der Waals surface area contributed by atoms with Crippen molar-refractivity contribution in [2.75, 3.05) is 18.5 Å². The highest BCUT2D eigenvalue weighted by Gasteiger charge is 2.23. The van der Waals surface area contributed by atoms with Gasteiger partial charge in [0.15, 0.2) is 0 Å². The Bertz CT molecular complexity index is 444. The Morgan fingerprint density at radius 3 is 2.80 bits per heavy atom. The van der Waals surface area contributed by atoms with Gasteiger partial charge in [0.25, 0.3) is 5.91 Å². The summed E-state index contributed by atoms with van der Waals surface area (Å²) in [6.07, 6.45) is 4.99. The fourth-order valence-electron chi connectivity index (χ4n) is 2.78. The molecule has 1 aliphatic rings. The molecule has 2 heterocycles. The number of amides is 1. The van der Waals surface area contributed by atoms with Crippen molar-refractivity contribution in [3.05, 3.63) is 23.9 Å². The van der Waals surface area contributed by atoms with Crippen molar-refractivity contribution < 1.29 is 4.79 Å². The van der Waals surface area contributed by atoms with E-state index >= 15 is 0 Å². The summed E-state index contributed by atoms with van der Waals surface area (Å²) in [5, 5.41) is 0. The lowest BCUT2D eigenvalue weighted by Gasteiger charge is -2.21.